The SMILES string of the molecule is CCN(CCOC(=O)CCc1cc(C(C)(C)C)c(O)c(C(C)(C)C)c1)c1ccc(C=C2C=CC(=[N+](CC)CCOC(=O)CCc3cc(C(C)(C)C)c(O)c(C(C)(C)C)c3)C=C2)cc1. The third kappa shape index (κ3) is 14.5. The standard InChI is InChI=1S/C55H76N2O6/c1-15-56(29-31-62-48(58)27-21-40-34-44(52(3,4)5)50(60)45(35-40)53(6,7)8)42-23-17-38(18-24-42)33-39-19-25-43(26-20-39)57(16-2)30-32-63-49(59)28-22-41-36-46(54(9,10)11)51(61)47(37-41)55(12,13)14/h17-20,23-26,33-37H,15-16,21-22,27-32H2,1-14H3,(H-,60,61)/p+1. The molecular formula is C55H77N2O6+. The number of allylic oxidation sites excluding steroid dienone is 5. The molecule has 4 rings (SSSR count). The first kappa shape index (κ1) is 50.5. The summed E-state index contributed by atoms with van der Waals surface area (Å²) in [7, 11) is 0. The highest BCUT2D eigenvalue weighted by atomic mass is 16.5. The van der Waals surface area contributed by atoms with Crippen molar-refractivity contribution in [2.24, 2.45) is 0 Å². The minimum atomic E-state index is -0.224. The lowest BCUT2D eigenvalue weighted by atomic mass is 9.78. The second-order valence-electron chi connectivity index (χ2n) is 21.0. The highest BCUT2D eigenvalue weighted by Crippen LogP contribution is 2.41. The number of phenolic OH excluding ortho intramolecular Hbond substituents is 2. The second kappa shape index (κ2) is 21.0. The Kier molecular flexibility index (Phi) is 16.9. The molecule has 0 saturated carbocycles. The Morgan fingerprint density at radius 3 is 1.41 bits per heavy atom. The van der Waals surface area contributed by atoms with E-state index in [4.69, 9.17) is 9.47 Å². The molecule has 0 aromatic heterocycles. The van der Waals surface area contributed by atoms with Crippen LogP contribution in [0.2, 0.25) is 0 Å². The van der Waals surface area contributed by atoms with Crippen molar-refractivity contribution < 1.29 is 33.9 Å². The Balaban J connectivity index is 1.26. The van der Waals surface area contributed by atoms with Gasteiger partial charge in [-0.3, -0.25) is 9.59 Å². The Labute approximate surface area is 379 Å². The van der Waals surface area contributed by atoms with E-state index in [2.05, 4.69) is 161 Å². The van der Waals surface area contributed by atoms with Crippen molar-refractivity contribution in [3.63, 3.8) is 0 Å². The van der Waals surface area contributed by atoms with E-state index in [1.807, 2.05) is 24.3 Å². The summed E-state index contributed by atoms with van der Waals surface area (Å²) in [6.07, 6.45) is 12.2. The van der Waals surface area contributed by atoms with Crippen LogP contribution in [0.3, 0.4) is 0 Å². The van der Waals surface area contributed by atoms with Crippen LogP contribution in [-0.2, 0) is 53.6 Å². The van der Waals surface area contributed by atoms with Gasteiger partial charge in [0.1, 0.15) is 31.3 Å². The molecule has 0 amide bonds. The number of phenols is 2. The molecule has 1 aliphatic carbocycles. The van der Waals surface area contributed by atoms with Gasteiger partial charge in [-0.15, -0.1) is 0 Å². The fraction of sp³-hybridized carbons (Fsp3) is 0.509. The number of nitrogens with zero attached hydrogens (tertiary/aromatic N) is 2. The van der Waals surface area contributed by atoms with Crippen LogP contribution in [0.25, 0.3) is 6.08 Å². The van der Waals surface area contributed by atoms with E-state index in [0.717, 1.165) is 69.0 Å². The number of aryl methyl sites for hydroxylation is 2. The van der Waals surface area contributed by atoms with Gasteiger partial charge in [0.05, 0.1) is 6.54 Å². The van der Waals surface area contributed by atoms with Gasteiger partial charge in [-0.25, -0.2) is 4.58 Å². The maximum absolute atomic E-state index is 12.8. The molecule has 0 fully saturated rings. The van der Waals surface area contributed by atoms with Gasteiger partial charge in [-0.2, -0.15) is 0 Å². The van der Waals surface area contributed by atoms with Crippen LogP contribution in [0.5, 0.6) is 11.5 Å². The zero-order chi connectivity index (χ0) is 46.9. The normalized spacial score (nSPS) is 13.3. The molecule has 0 heterocycles. The van der Waals surface area contributed by atoms with Gasteiger partial charge < -0.3 is 24.6 Å². The fourth-order valence-corrected chi connectivity index (χ4v) is 7.84. The van der Waals surface area contributed by atoms with Gasteiger partial charge >= 0.3 is 11.9 Å². The summed E-state index contributed by atoms with van der Waals surface area (Å²) in [5.74, 6) is 0.245. The fourth-order valence-electron chi connectivity index (χ4n) is 7.84. The molecule has 8 heteroatoms. The van der Waals surface area contributed by atoms with Crippen molar-refractivity contribution in [1.29, 1.82) is 0 Å². The molecule has 0 unspecified atom stereocenters. The summed E-state index contributed by atoms with van der Waals surface area (Å²) in [5, 5.41) is 22.1. The van der Waals surface area contributed by atoms with Gasteiger partial charge in [0.15, 0.2) is 12.3 Å². The highest BCUT2D eigenvalue weighted by Gasteiger charge is 2.28. The smallest absolute Gasteiger partial charge is 0.306 e. The Bertz CT molecular complexity index is 2110. The lowest BCUT2D eigenvalue weighted by molar-refractivity contribution is -0.524. The summed E-state index contributed by atoms with van der Waals surface area (Å²) in [5.41, 5.74) is 9.08. The topological polar surface area (TPSA) is 99.3 Å². The molecule has 2 N–H and O–H groups in total. The minimum Gasteiger partial charge on any atom is -0.507 e. The zero-order valence-corrected chi connectivity index (χ0v) is 41.0. The molecule has 0 spiro atoms. The van der Waals surface area contributed by atoms with Crippen LogP contribution in [0, 0.1) is 0 Å². The molecule has 0 atom stereocenters. The third-order valence-electron chi connectivity index (χ3n) is 11.7. The molecule has 0 saturated heterocycles. The van der Waals surface area contributed by atoms with Crippen LogP contribution in [-0.4, -0.2) is 71.8 Å². The van der Waals surface area contributed by atoms with Gasteiger partial charge in [0, 0.05) is 37.2 Å². The Morgan fingerprint density at radius 2 is 1.03 bits per heavy atom. The molecule has 342 valence electrons. The molecule has 8 nitrogen and oxygen atoms in total. The summed E-state index contributed by atoms with van der Waals surface area (Å²) in [6.45, 7) is 32.7. The van der Waals surface area contributed by atoms with E-state index in [9.17, 15) is 19.8 Å². The Morgan fingerprint density at radius 1 is 0.619 bits per heavy atom. The maximum atomic E-state index is 12.8. The summed E-state index contributed by atoms with van der Waals surface area (Å²) < 4.78 is 13.6. The van der Waals surface area contributed by atoms with Gasteiger partial charge in [-0.1, -0.05) is 119 Å². The number of benzene rings is 3. The first-order chi connectivity index (χ1) is 29.3. The summed E-state index contributed by atoms with van der Waals surface area (Å²) in [6, 6.07) is 16.5. The molecule has 1 aliphatic rings. The lowest BCUT2D eigenvalue weighted by Gasteiger charge is -2.28. The number of carbonyl (C=O) groups is 2. The van der Waals surface area contributed by atoms with Gasteiger partial charge in [0.25, 0.3) is 0 Å². The molecule has 63 heavy (non-hydrogen) atoms. The van der Waals surface area contributed by atoms with Gasteiger partial charge in [0.2, 0.25) is 0 Å². The number of ether oxygens (including phenoxy) is 2. The Hall–Kier alpha value is -5.11. The first-order valence-corrected chi connectivity index (χ1v) is 22.9. The third-order valence-corrected chi connectivity index (χ3v) is 11.7. The van der Waals surface area contributed by atoms with Crippen molar-refractivity contribution in [3.8, 4) is 11.5 Å². The predicted molar refractivity (Wildman–Crippen MR) is 261 cm³/mol. The monoisotopic (exact) mass is 862 g/mol. The van der Waals surface area contributed by atoms with Crippen molar-refractivity contribution in [1.82, 2.24) is 0 Å². The molecule has 0 aliphatic heterocycles. The largest absolute Gasteiger partial charge is 0.507 e. The molecule has 3 aromatic carbocycles. The molecular weight excluding hydrogens is 785 g/mol. The molecule has 3 aromatic rings. The van der Waals surface area contributed by atoms with E-state index >= 15 is 0 Å². The molecule has 0 bridgehead atoms. The van der Waals surface area contributed by atoms with Crippen molar-refractivity contribution in [2.45, 2.75) is 144 Å². The van der Waals surface area contributed by atoms with Crippen LogP contribution in [0.4, 0.5) is 5.69 Å². The molecule has 0 radical (unpaired) electrons. The average Bonchev–Trinajstić information content (AvgIpc) is 3.19. The lowest BCUT2D eigenvalue weighted by Crippen LogP contribution is -2.28. The van der Waals surface area contributed by atoms with E-state index in [1.54, 1.807) is 0 Å². The maximum Gasteiger partial charge on any atom is 0.306 e. The average molecular weight is 862 g/mol. The number of carbonyl (C=O) groups excluding carboxylic acids is 2. The van der Waals surface area contributed by atoms with Crippen molar-refractivity contribution >= 4 is 29.4 Å². The van der Waals surface area contributed by atoms with E-state index in [0.29, 0.717) is 50.6 Å². The van der Waals surface area contributed by atoms with Crippen LogP contribution in [0.15, 0.2) is 78.4 Å². The highest BCUT2D eigenvalue weighted by molar-refractivity contribution is 6.02. The number of anilines is 1. The first-order valence-electron chi connectivity index (χ1n) is 22.9. The number of aromatic hydroxyl groups is 2. The number of esters is 2. The van der Waals surface area contributed by atoms with Crippen molar-refractivity contribution in [3.05, 3.63) is 117 Å². The number of rotatable bonds is 16. The van der Waals surface area contributed by atoms with Crippen LogP contribution >= 0.6 is 0 Å². The number of likely N-dealkylation sites (N-methyl/N-ethyl adjacent to an activating group) is 2. The van der Waals surface area contributed by atoms with E-state index in [1.165, 1.54) is 0 Å². The van der Waals surface area contributed by atoms with E-state index < -0.39 is 0 Å². The summed E-state index contributed by atoms with van der Waals surface area (Å²) in [4.78, 5) is 27.9. The van der Waals surface area contributed by atoms with Crippen LogP contribution < -0.4 is 4.90 Å². The summed E-state index contributed by atoms with van der Waals surface area (Å²) >= 11 is 0. The zero-order valence-electron chi connectivity index (χ0n) is 41.0. The van der Waals surface area contributed by atoms with Gasteiger partial charge in [-0.05, 0) is 123 Å². The van der Waals surface area contributed by atoms with E-state index in [-0.39, 0.29) is 46.4 Å². The van der Waals surface area contributed by atoms with Crippen molar-refractivity contribution in [2.75, 3.05) is 44.3 Å². The number of hydrogen-bond donors (Lipinski definition) is 2. The minimum absolute atomic E-state index is 0.223. The number of hydrogen-bond acceptors (Lipinski definition) is 7. The van der Waals surface area contributed by atoms with Crippen LogP contribution in [0.1, 0.15) is 149 Å². The quantitative estimate of drug-likeness (QED) is 0.109. The predicted octanol–water partition coefficient (Wildman–Crippen LogP) is 11.4. The second-order valence-corrected chi connectivity index (χ2v) is 21.0.